The van der Waals surface area contributed by atoms with Crippen LogP contribution < -0.4 is 10.6 Å². The van der Waals surface area contributed by atoms with Crippen LogP contribution in [-0.4, -0.2) is 82.4 Å². The lowest BCUT2D eigenvalue weighted by Crippen LogP contribution is -2.59. The molecule has 190 valence electrons. The predicted molar refractivity (Wildman–Crippen MR) is 135 cm³/mol. The number of piperazine rings is 1. The lowest BCUT2D eigenvalue weighted by Gasteiger charge is -2.39. The van der Waals surface area contributed by atoms with E-state index in [1.165, 1.54) is 6.42 Å². The molecule has 1 aromatic heterocycles. The molecule has 2 N–H and O–H groups in total. The summed E-state index contributed by atoms with van der Waals surface area (Å²) in [7, 11) is 3.69. The Bertz CT molecular complexity index is 1080. The number of carbonyl (C=O) groups excluding carboxylic acids is 3. The van der Waals surface area contributed by atoms with Gasteiger partial charge in [0.15, 0.2) is 0 Å². The smallest absolute Gasteiger partial charge is 0.254 e. The van der Waals surface area contributed by atoms with Gasteiger partial charge in [-0.1, -0.05) is 19.3 Å². The Morgan fingerprint density at radius 3 is 2.34 bits per heavy atom. The second kappa shape index (κ2) is 10.8. The summed E-state index contributed by atoms with van der Waals surface area (Å²) in [6.45, 7) is 5.64. The van der Waals surface area contributed by atoms with Crippen molar-refractivity contribution in [2.75, 3.05) is 33.2 Å². The molecule has 0 radical (unpaired) electrons. The summed E-state index contributed by atoms with van der Waals surface area (Å²) in [5.41, 5.74) is 2.44. The number of hydrogen-bond acceptors (Lipinski definition) is 5. The van der Waals surface area contributed by atoms with E-state index >= 15 is 0 Å². The van der Waals surface area contributed by atoms with E-state index in [-0.39, 0.29) is 29.7 Å². The maximum absolute atomic E-state index is 13.6. The van der Waals surface area contributed by atoms with Gasteiger partial charge in [-0.15, -0.1) is 0 Å². The minimum absolute atomic E-state index is 0.0209. The molecule has 4 rings (SSSR count). The van der Waals surface area contributed by atoms with Crippen molar-refractivity contribution in [2.45, 2.75) is 58.0 Å². The number of imidazole rings is 1. The number of benzene rings is 1. The molecule has 0 bridgehead atoms. The first-order valence-corrected chi connectivity index (χ1v) is 12.8. The summed E-state index contributed by atoms with van der Waals surface area (Å²) < 4.78 is 1.98. The molecule has 1 aromatic carbocycles. The third-order valence-corrected chi connectivity index (χ3v) is 7.74. The summed E-state index contributed by atoms with van der Waals surface area (Å²) in [4.78, 5) is 47.5. The van der Waals surface area contributed by atoms with Gasteiger partial charge in [0, 0.05) is 38.8 Å². The SMILES string of the molecule is CNC(C)C(=O)NC(C(=O)N1CCN(C(=O)c2ccc3nc(C)n(C)c3c2)CC1)C1CCCCC1. The number of nitrogens with one attached hydrogen (secondary N) is 2. The molecule has 2 atom stereocenters. The topological polar surface area (TPSA) is 99.6 Å². The third-order valence-electron chi connectivity index (χ3n) is 7.74. The average Bonchev–Trinajstić information content (AvgIpc) is 3.18. The summed E-state index contributed by atoms with van der Waals surface area (Å²) in [6, 6.07) is 4.75. The predicted octanol–water partition coefficient (Wildman–Crippen LogP) is 1.84. The molecular weight excluding hydrogens is 444 g/mol. The zero-order chi connectivity index (χ0) is 25.1. The van der Waals surface area contributed by atoms with Crippen molar-refractivity contribution in [1.82, 2.24) is 30.0 Å². The van der Waals surface area contributed by atoms with E-state index in [0.717, 1.165) is 42.5 Å². The van der Waals surface area contributed by atoms with Crippen LogP contribution in [0, 0.1) is 12.8 Å². The van der Waals surface area contributed by atoms with Gasteiger partial charge in [-0.3, -0.25) is 14.4 Å². The van der Waals surface area contributed by atoms with Crippen molar-refractivity contribution < 1.29 is 14.4 Å². The lowest BCUT2D eigenvalue weighted by atomic mass is 9.83. The van der Waals surface area contributed by atoms with Gasteiger partial charge in [-0.05, 0) is 57.9 Å². The molecule has 35 heavy (non-hydrogen) atoms. The molecule has 0 spiro atoms. The van der Waals surface area contributed by atoms with E-state index in [2.05, 4.69) is 15.6 Å². The van der Waals surface area contributed by atoms with Gasteiger partial charge >= 0.3 is 0 Å². The summed E-state index contributed by atoms with van der Waals surface area (Å²) in [5.74, 6) is 0.870. The van der Waals surface area contributed by atoms with Crippen LogP contribution in [0.25, 0.3) is 11.0 Å². The Balaban J connectivity index is 1.42. The van der Waals surface area contributed by atoms with E-state index in [1.807, 2.05) is 46.5 Å². The second-order valence-electron chi connectivity index (χ2n) is 9.93. The Morgan fingerprint density at radius 1 is 1.03 bits per heavy atom. The van der Waals surface area contributed by atoms with Gasteiger partial charge in [0.25, 0.3) is 5.91 Å². The number of hydrogen-bond donors (Lipinski definition) is 2. The van der Waals surface area contributed by atoms with Crippen LogP contribution in [0.1, 0.15) is 55.2 Å². The summed E-state index contributed by atoms with van der Waals surface area (Å²) in [5, 5.41) is 5.99. The third kappa shape index (κ3) is 5.34. The first-order valence-electron chi connectivity index (χ1n) is 12.8. The number of likely N-dealkylation sites (N-methyl/N-ethyl adjacent to an activating group) is 1. The second-order valence-corrected chi connectivity index (χ2v) is 9.93. The largest absolute Gasteiger partial charge is 0.343 e. The number of nitrogens with zero attached hydrogens (tertiary/aromatic N) is 4. The molecule has 1 aliphatic heterocycles. The Labute approximate surface area is 207 Å². The highest BCUT2D eigenvalue weighted by atomic mass is 16.2. The van der Waals surface area contributed by atoms with E-state index in [0.29, 0.717) is 31.7 Å². The van der Waals surface area contributed by atoms with Crippen molar-refractivity contribution in [3.63, 3.8) is 0 Å². The van der Waals surface area contributed by atoms with E-state index in [1.54, 1.807) is 14.0 Å². The maximum atomic E-state index is 13.6. The highest BCUT2D eigenvalue weighted by Gasteiger charge is 2.36. The Kier molecular flexibility index (Phi) is 7.74. The highest BCUT2D eigenvalue weighted by molar-refractivity contribution is 5.97. The van der Waals surface area contributed by atoms with Gasteiger partial charge in [0.05, 0.1) is 17.1 Å². The Morgan fingerprint density at radius 2 is 1.69 bits per heavy atom. The van der Waals surface area contributed by atoms with E-state index < -0.39 is 6.04 Å². The van der Waals surface area contributed by atoms with Crippen LogP contribution in [0.2, 0.25) is 0 Å². The normalized spacial score (nSPS) is 19.0. The van der Waals surface area contributed by atoms with Crippen molar-refractivity contribution in [1.29, 1.82) is 0 Å². The first-order chi connectivity index (χ1) is 16.8. The van der Waals surface area contributed by atoms with Crippen molar-refractivity contribution in [2.24, 2.45) is 13.0 Å². The van der Waals surface area contributed by atoms with Gasteiger partial charge in [0.1, 0.15) is 11.9 Å². The summed E-state index contributed by atoms with van der Waals surface area (Å²) in [6.07, 6.45) is 5.28. The molecular formula is C26H38N6O3. The molecule has 9 nitrogen and oxygen atoms in total. The number of aryl methyl sites for hydroxylation is 2. The first kappa shape index (κ1) is 25.2. The minimum atomic E-state index is -0.503. The van der Waals surface area contributed by atoms with Gasteiger partial charge in [0.2, 0.25) is 11.8 Å². The maximum Gasteiger partial charge on any atom is 0.254 e. The molecule has 2 fully saturated rings. The van der Waals surface area contributed by atoms with Crippen molar-refractivity contribution >= 4 is 28.8 Å². The molecule has 1 aliphatic carbocycles. The zero-order valence-electron chi connectivity index (χ0n) is 21.3. The fourth-order valence-corrected chi connectivity index (χ4v) is 5.21. The van der Waals surface area contributed by atoms with Crippen LogP contribution in [0.5, 0.6) is 0 Å². The van der Waals surface area contributed by atoms with Gasteiger partial charge in [-0.25, -0.2) is 4.98 Å². The van der Waals surface area contributed by atoms with Crippen LogP contribution in [-0.2, 0) is 16.6 Å². The molecule has 1 saturated carbocycles. The van der Waals surface area contributed by atoms with Gasteiger partial charge in [-0.2, -0.15) is 0 Å². The quantitative estimate of drug-likeness (QED) is 0.655. The molecule has 2 aliphatic rings. The monoisotopic (exact) mass is 482 g/mol. The van der Waals surface area contributed by atoms with Gasteiger partial charge < -0.3 is 25.0 Å². The highest BCUT2D eigenvalue weighted by Crippen LogP contribution is 2.28. The molecule has 2 aromatic rings. The molecule has 2 unspecified atom stereocenters. The van der Waals surface area contributed by atoms with Crippen molar-refractivity contribution in [3.8, 4) is 0 Å². The number of rotatable bonds is 6. The molecule has 3 amide bonds. The number of carbonyl (C=O) groups is 3. The van der Waals surface area contributed by atoms with Crippen LogP contribution in [0.4, 0.5) is 0 Å². The van der Waals surface area contributed by atoms with Crippen molar-refractivity contribution in [3.05, 3.63) is 29.6 Å². The van der Waals surface area contributed by atoms with E-state index in [4.69, 9.17) is 0 Å². The zero-order valence-corrected chi connectivity index (χ0v) is 21.3. The standard InChI is InChI=1S/C26H38N6O3/c1-17(27-3)24(33)29-23(19-8-6-5-7-9-19)26(35)32-14-12-31(13-15-32)25(34)20-10-11-21-22(16-20)30(4)18(2)28-21/h10-11,16-17,19,23,27H,5-9,12-15H2,1-4H3,(H,29,33). The fraction of sp³-hybridized carbons (Fsp3) is 0.615. The molecule has 9 heteroatoms. The fourth-order valence-electron chi connectivity index (χ4n) is 5.21. The van der Waals surface area contributed by atoms with Crippen LogP contribution >= 0.6 is 0 Å². The molecule has 1 saturated heterocycles. The van der Waals surface area contributed by atoms with E-state index in [9.17, 15) is 14.4 Å². The average molecular weight is 483 g/mol. The van der Waals surface area contributed by atoms with Crippen LogP contribution in [0.3, 0.4) is 0 Å². The minimum Gasteiger partial charge on any atom is -0.343 e. The molecule has 2 heterocycles. The number of fused-ring (bicyclic) bond motifs is 1. The lowest BCUT2D eigenvalue weighted by molar-refractivity contribution is -0.140. The number of aromatic nitrogens is 2. The Hall–Kier alpha value is -2.94. The van der Waals surface area contributed by atoms with Crippen LogP contribution in [0.15, 0.2) is 18.2 Å². The number of amides is 3. The summed E-state index contributed by atoms with van der Waals surface area (Å²) >= 11 is 0.